The van der Waals surface area contributed by atoms with Crippen molar-refractivity contribution >= 4 is 0 Å². The van der Waals surface area contributed by atoms with E-state index in [0.717, 1.165) is 0 Å². The molecule has 0 unspecified atom stereocenters. The molecular formula is C2H8NW2-. The van der Waals surface area contributed by atoms with Crippen LogP contribution in [-0.2, 0) is 42.1 Å². The van der Waals surface area contributed by atoms with Gasteiger partial charge in [-0.25, -0.2) is 0 Å². The average Bonchev–Trinajstić information content (AvgIpc) is 0. The van der Waals surface area contributed by atoms with E-state index in [-0.39, 0.29) is 63.1 Å². The van der Waals surface area contributed by atoms with Crippen molar-refractivity contribution < 1.29 is 42.1 Å². The van der Waals surface area contributed by atoms with Gasteiger partial charge in [-0.3, -0.25) is 0 Å². The maximum atomic E-state index is 0. The first-order valence-electron chi connectivity index (χ1n) is 0. The Labute approximate surface area is 63.0 Å². The maximum Gasteiger partial charge on any atom is 2.00 e. The quantitative estimate of drug-likeness (QED) is 0.541. The molecule has 3 heteroatoms. The molecule has 34 valence electrons. The van der Waals surface area contributed by atoms with Gasteiger partial charge in [-0.1, -0.05) is 0 Å². The van der Waals surface area contributed by atoms with Crippen molar-refractivity contribution in [2.24, 2.45) is 0 Å². The van der Waals surface area contributed by atoms with Gasteiger partial charge < -0.3 is 21.0 Å². The molecule has 0 aromatic heterocycles. The van der Waals surface area contributed by atoms with Gasteiger partial charge in [0.05, 0.1) is 0 Å². The van der Waals surface area contributed by atoms with Crippen LogP contribution in [0, 0.1) is 14.9 Å². The molecular weight excluding hydrogens is 406 g/mol. The first-order valence-corrected chi connectivity index (χ1v) is 0. The molecule has 0 saturated carbocycles. The Balaban J connectivity index is 0. The van der Waals surface area contributed by atoms with Crippen molar-refractivity contribution in [1.29, 1.82) is 0 Å². The molecule has 0 saturated heterocycles. The third-order valence-electron chi connectivity index (χ3n) is 0. The first-order chi connectivity index (χ1) is 0. The minimum absolute atomic E-state index is 0. The summed E-state index contributed by atoms with van der Waals surface area (Å²) in [5, 5.41) is 0. The molecule has 0 amide bonds. The summed E-state index contributed by atoms with van der Waals surface area (Å²) in [4.78, 5) is 0. The summed E-state index contributed by atoms with van der Waals surface area (Å²) < 4.78 is 0. The minimum atomic E-state index is 0. The van der Waals surface area contributed by atoms with Crippen LogP contribution in [0.15, 0.2) is 0 Å². The molecule has 0 fully saturated rings. The van der Waals surface area contributed by atoms with Crippen LogP contribution in [-0.4, -0.2) is 0 Å². The van der Waals surface area contributed by atoms with Gasteiger partial charge in [0.15, 0.2) is 0 Å². The molecule has 5 heavy (non-hydrogen) atoms. The Kier molecular flexibility index (Phi) is 1130. The van der Waals surface area contributed by atoms with Crippen molar-refractivity contribution in [2.45, 2.75) is 0 Å². The van der Waals surface area contributed by atoms with Gasteiger partial charge in [0.25, 0.3) is 0 Å². The Hall–Kier alpha value is 1.34. The Bertz CT molecular complexity index is 7.61. The standard InChI is InChI=1S/2CH3.H2N.2W/h2*1H3;1H2;;/q3*-1;;+2. The van der Waals surface area contributed by atoms with Gasteiger partial charge in [-0.05, 0) is 0 Å². The van der Waals surface area contributed by atoms with E-state index in [2.05, 4.69) is 0 Å². The predicted molar refractivity (Wildman–Crippen MR) is 18.1 cm³/mol. The van der Waals surface area contributed by atoms with Crippen LogP contribution in [0.2, 0.25) is 0 Å². The third kappa shape index (κ3) is 33.3. The number of hydrogen-bond acceptors (Lipinski definition) is 0. The van der Waals surface area contributed by atoms with Crippen LogP contribution < -0.4 is 0 Å². The van der Waals surface area contributed by atoms with Crippen molar-refractivity contribution in [3.05, 3.63) is 21.0 Å². The van der Waals surface area contributed by atoms with Crippen LogP contribution in [0.3, 0.4) is 0 Å². The van der Waals surface area contributed by atoms with Gasteiger partial charge in [0.2, 0.25) is 0 Å². The average molecular weight is 414 g/mol. The Morgan fingerprint density at radius 3 is 0.800 bits per heavy atom. The maximum absolute atomic E-state index is 0. The van der Waals surface area contributed by atoms with Gasteiger partial charge in [0, 0.05) is 21.1 Å². The number of rotatable bonds is 0. The molecule has 0 radical (unpaired) electrons. The van der Waals surface area contributed by atoms with Gasteiger partial charge in [-0.15, -0.1) is 0 Å². The summed E-state index contributed by atoms with van der Waals surface area (Å²) in [6.07, 6.45) is 0. The normalized spacial score (nSPS) is 0. The van der Waals surface area contributed by atoms with E-state index in [9.17, 15) is 0 Å². The number of nitrogens with two attached hydrogens (primary N) is 1. The molecule has 0 atom stereocenters. The third-order valence-corrected chi connectivity index (χ3v) is 0. The van der Waals surface area contributed by atoms with Gasteiger partial charge in [0.1, 0.15) is 0 Å². The van der Waals surface area contributed by atoms with E-state index < -0.39 is 0 Å². The molecule has 0 bridgehead atoms. The van der Waals surface area contributed by atoms with E-state index in [0.29, 0.717) is 0 Å². The second-order valence-electron chi connectivity index (χ2n) is 0. The fourth-order valence-corrected chi connectivity index (χ4v) is 0. The SMILES string of the molecule is [CH3-].[CH3-].[NH2-].[W+2].[W]. The topological polar surface area (TPSA) is 33.5 Å². The molecule has 0 aliphatic heterocycles. The van der Waals surface area contributed by atoms with Crippen LogP contribution in [0.1, 0.15) is 0 Å². The molecule has 0 spiro atoms. The Morgan fingerprint density at radius 2 is 0.800 bits per heavy atom. The molecule has 2 N–H and O–H groups in total. The molecule has 0 aromatic rings. The van der Waals surface area contributed by atoms with E-state index in [4.69, 9.17) is 0 Å². The van der Waals surface area contributed by atoms with Crippen LogP contribution in [0.4, 0.5) is 0 Å². The van der Waals surface area contributed by atoms with Crippen molar-refractivity contribution in [3.63, 3.8) is 0 Å². The summed E-state index contributed by atoms with van der Waals surface area (Å²) >= 11 is 0. The van der Waals surface area contributed by atoms with E-state index in [1.807, 2.05) is 0 Å². The van der Waals surface area contributed by atoms with E-state index >= 15 is 0 Å². The first kappa shape index (κ1) is 101. The van der Waals surface area contributed by atoms with Crippen molar-refractivity contribution in [2.75, 3.05) is 0 Å². The predicted octanol–water partition coefficient (Wildman–Crippen LogP) is 1.61. The summed E-state index contributed by atoms with van der Waals surface area (Å²) in [6, 6.07) is 0. The number of hydrogen-bond donors (Lipinski definition) is 0. The summed E-state index contributed by atoms with van der Waals surface area (Å²) in [5.74, 6) is 0. The molecule has 0 rings (SSSR count). The van der Waals surface area contributed by atoms with Gasteiger partial charge in [-0.2, -0.15) is 0 Å². The van der Waals surface area contributed by atoms with E-state index in [1.54, 1.807) is 0 Å². The van der Waals surface area contributed by atoms with E-state index in [1.165, 1.54) is 0 Å². The zero-order valence-corrected chi connectivity index (χ0v) is 9.26. The monoisotopic (exact) mass is 414 g/mol. The van der Waals surface area contributed by atoms with Crippen molar-refractivity contribution in [3.8, 4) is 0 Å². The smallest absolute Gasteiger partial charge is 0.693 e. The summed E-state index contributed by atoms with van der Waals surface area (Å²) in [6.45, 7) is 0. The minimum Gasteiger partial charge on any atom is -0.693 e. The second-order valence-corrected chi connectivity index (χ2v) is 0. The van der Waals surface area contributed by atoms with Crippen LogP contribution in [0.25, 0.3) is 6.15 Å². The molecule has 1 nitrogen and oxygen atoms in total. The second kappa shape index (κ2) is 56.2. The molecule has 0 aromatic carbocycles. The molecule has 0 heterocycles. The van der Waals surface area contributed by atoms with Gasteiger partial charge >= 0.3 is 21.1 Å². The molecule has 0 aliphatic carbocycles. The summed E-state index contributed by atoms with van der Waals surface area (Å²) in [5.41, 5.74) is 0. The van der Waals surface area contributed by atoms with Crippen molar-refractivity contribution in [1.82, 2.24) is 0 Å². The Morgan fingerprint density at radius 1 is 0.800 bits per heavy atom. The zero-order chi connectivity index (χ0) is 0. The molecule has 0 aliphatic rings. The zero-order valence-electron chi connectivity index (χ0n) is 3.39. The fourth-order valence-electron chi connectivity index (χ4n) is 0. The van der Waals surface area contributed by atoms with Crippen LogP contribution in [0.5, 0.6) is 0 Å². The fraction of sp³-hybridized carbons (Fsp3) is 0. The van der Waals surface area contributed by atoms with Crippen LogP contribution >= 0.6 is 0 Å². The largest absolute Gasteiger partial charge is 2.00 e. The summed E-state index contributed by atoms with van der Waals surface area (Å²) in [7, 11) is 0.